The number of hydrogen-bond donors (Lipinski definition) is 8. The first kappa shape index (κ1) is 137. The van der Waals surface area contributed by atoms with Gasteiger partial charge in [0.15, 0.2) is 0 Å². The van der Waals surface area contributed by atoms with E-state index in [2.05, 4.69) is 78.1 Å². The Balaban J connectivity index is 4.66. The van der Waals surface area contributed by atoms with E-state index in [0.29, 0.717) is 211 Å². The molecule has 0 aliphatic carbocycles. The highest BCUT2D eigenvalue weighted by Gasteiger charge is 2.36. The second-order valence-corrected chi connectivity index (χ2v) is 30.2. The minimum Gasteiger partial charge on any atom is -0.379 e. The molecule has 0 aromatic carbocycles. The summed E-state index contributed by atoms with van der Waals surface area (Å²) in [6, 6.07) is 0. The second kappa shape index (κ2) is 112. The van der Waals surface area contributed by atoms with E-state index in [0.717, 1.165) is 0 Å². The molecule has 145 heavy (non-hydrogen) atoms. The maximum atomic E-state index is 13.7. The fraction of sp³-hybridized carbons (Fsp3) is 0.796. The van der Waals surface area contributed by atoms with Crippen LogP contribution in [0.25, 0.3) is 0 Å². The lowest BCUT2D eigenvalue weighted by molar-refractivity contribution is -0.131. The van der Waals surface area contributed by atoms with Crippen LogP contribution >= 0.6 is 0 Å². The van der Waals surface area contributed by atoms with Crippen molar-refractivity contribution < 1.29 is 185 Å². The molecular formula is C98H166N8O39. The van der Waals surface area contributed by atoms with Gasteiger partial charge in [0, 0.05) is 90.6 Å². The Bertz CT molecular complexity index is 2870. The maximum Gasteiger partial charge on any atom is 0.222 e. The zero-order valence-electron chi connectivity index (χ0n) is 85.1. The molecule has 8 amide bonds. The first-order valence-electron chi connectivity index (χ1n) is 49.0. The zero-order valence-corrected chi connectivity index (χ0v) is 85.1. The highest BCUT2D eigenvalue weighted by atomic mass is 16.6. The molecule has 0 saturated heterocycles. The fourth-order valence-corrected chi connectivity index (χ4v) is 11.1. The first-order valence-corrected chi connectivity index (χ1v) is 49.0. The summed E-state index contributed by atoms with van der Waals surface area (Å²) in [6.07, 6.45) is 30.8. The van der Waals surface area contributed by atoms with Gasteiger partial charge in [-0.15, -0.1) is 38.5 Å². The van der Waals surface area contributed by atoms with Gasteiger partial charge >= 0.3 is 0 Å². The van der Waals surface area contributed by atoms with E-state index in [1.807, 2.05) is 0 Å². The molecule has 832 valence electrons. The van der Waals surface area contributed by atoms with E-state index < -0.39 is 22.9 Å². The van der Waals surface area contributed by atoms with E-state index in [9.17, 15) is 38.4 Å². The Morgan fingerprint density at radius 3 is 0.393 bits per heavy atom. The summed E-state index contributed by atoms with van der Waals surface area (Å²) < 4.78 is 173. The predicted molar refractivity (Wildman–Crippen MR) is 525 cm³/mol. The largest absolute Gasteiger partial charge is 0.379 e. The Kier molecular flexibility index (Phi) is 105. The van der Waals surface area contributed by atoms with E-state index in [4.69, 9.17) is 185 Å². The first-order chi connectivity index (χ1) is 71.2. The number of rotatable bonds is 116. The van der Waals surface area contributed by atoms with Gasteiger partial charge in [-0.2, -0.15) is 0 Å². The van der Waals surface area contributed by atoms with Crippen molar-refractivity contribution in [3.63, 3.8) is 0 Å². The molecule has 0 heterocycles. The van der Waals surface area contributed by atoms with Crippen LogP contribution in [0, 0.1) is 74.1 Å². The molecule has 0 spiro atoms. The fourth-order valence-electron chi connectivity index (χ4n) is 11.1. The highest BCUT2D eigenvalue weighted by molar-refractivity contribution is 5.79. The van der Waals surface area contributed by atoms with Gasteiger partial charge in [-0.1, -0.05) is 35.5 Å². The van der Waals surface area contributed by atoms with Crippen LogP contribution in [0.15, 0.2) is 0 Å². The molecule has 8 N–H and O–H groups in total. The lowest BCUT2D eigenvalue weighted by atomic mass is 10.0. The van der Waals surface area contributed by atoms with Gasteiger partial charge in [-0.3, -0.25) is 38.4 Å². The molecule has 0 rings (SSSR count). The van der Waals surface area contributed by atoms with Crippen molar-refractivity contribution in [2.45, 2.75) is 62.4 Å². The summed E-state index contributed by atoms with van der Waals surface area (Å²) in [6.45, 7) is 14.7. The van der Waals surface area contributed by atoms with Crippen molar-refractivity contribution in [1.29, 1.82) is 0 Å². The predicted octanol–water partition coefficient (Wildman–Crippen LogP) is -3.17. The Morgan fingerprint density at radius 1 is 0.145 bits per heavy atom. The van der Waals surface area contributed by atoms with Crippen LogP contribution in [-0.2, 0) is 185 Å². The molecule has 47 nitrogen and oxygen atoms in total. The average Bonchev–Trinajstić information content (AvgIpc) is 0.857. The van der Waals surface area contributed by atoms with Crippen LogP contribution in [0.2, 0.25) is 0 Å². The molecular weight excluding hydrogens is 1910 g/mol. The van der Waals surface area contributed by atoms with Crippen molar-refractivity contribution in [1.82, 2.24) is 42.5 Å². The molecule has 47 heteroatoms. The van der Waals surface area contributed by atoms with Gasteiger partial charge in [-0.05, 0) is 0 Å². The van der Waals surface area contributed by atoms with Crippen LogP contribution in [-0.4, -0.2) is 507 Å². The summed E-state index contributed by atoms with van der Waals surface area (Å²) in [5.74, 6) is 11.6. The summed E-state index contributed by atoms with van der Waals surface area (Å²) in [4.78, 5) is 104. The Hall–Kier alpha value is -8.12. The summed E-state index contributed by atoms with van der Waals surface area (Å²) in [5.41, 5.74) is -2.71. The smallest absolute Gasteiger partial charge is 0.222 e. The van der Waals surface area contributed by atoms with Gasteiger partial charge in [-0.25, -0.2) is 0 Å². The zero-order chi connectivity index (χ0) is 105. The molecule has 0 radical (unpaired) electrons. The van der Waals surface area contributed by atoms with Crippen LogP contribution in [0.5, 0.6) is 0 Å². The Morgan fingerprint density at radius 2 is 0.255 bits per heavy atom. The molecule has 0 aliphatic heterocycles. The number of ether oxygens (including phenoxy) is 31. The molecule has 0 aliphatic rings. The highest BCUT2D eigenvalue weighted by Crippen LogP contribution is 2.14. The molecule has 0 bridgehead atoms. The number of carbonyl (C=O) groups excluding carboxylic acids is 8. The average molecular weight is 2080 g/mol. The molecule has 0 atom stereocenters. The molecule has 0 aromatic heterocycles. The monoisotopic (exact) mass is 2080 g/mol. The van der Waals surface area contributed by atoms with Gasteiger partial charge < -0.3 is 189 Å². The number of nitrogens with one attached hydrogen (secondary N) is 8. The van der Waals surface area contributed by atoms with Crippen molar-refractivity contribution in [3.05, 3.63) is 0 Å². The summed E-state index contributed by atoms with van der Waals surface area (Å²) in [5, 5.41) is 22.5. The normalized spacial score (nSPS) is 11.3. The maximum absolute atomic E-state index is 13.7. The summed E-state index contributed by atoms with van der Waals surface area (Å²) in [7, 11) is 0. The van der Waals surface area contributed by atoms with E-state index >= 15 is 0 Å². The van der Waals surface area contributed by atoms with Crippen molar-refractivity contribution in [3.8, 4) is 74.1 Å². The third-order valence-electron chi connectivity index (χ3n) is 18.1. The topological polar surface area (TPSA) is 519 Å². The Labute approximate surface area is 856 Å². The van der Waals surface area contributed by atoms with Crippen molar-refractivity contribution in [2.24, 2.45) is 0 Å². The third-order valence-corrected chi connectivity index (χ3v) is 18.1. The van der Waals surface area contributed by atoms with Gasteiger partial charge in [0.05, 0.1) is 370 Å². The quantitative estimate of drug-likeness (QED) is 0.0220. The second-order valence-electron chi connectivity index (χ2n) is 30.2. The van der Waals surface area contributed by atoms with Crippen LogP contribution in [0.1, 0.15) is 51.4 Å². The van der Waals surface area contributed by atoms with E-state index in [-0.39, 0.29) is 324 Å². The number of carbonyl (C=O) groups is 8. The van der Waals surface area contributed by atoms with Crippen LogP contribution in [0.4, 0.5) is 0 Å². The lowest BCUT2D eigenvalue weighted by Crippen LogP contribution is -2.59. The van der Waals surface area contributed by atoms with Gasteiger partial charge in [0.1, 0.15) is 50.7 Å². The summed E-state index contributed by atoms with van der Waals surface area (Å²) >= 11 is 0. The van der Waals surface area contributed by atoms with Gasteiger partial charge in [0.25, 0.3) is 0 Å². The standard InChI is InChI=1S/C98H166N8O39/c1-7-27-115-47-55-123-41-21-99-89(107)13-35-140-83-97(84-141-36-14-90(108)100-22-42-124-56-48-116-28-8-2,85-142-37-15-91(109)101-23-43-125-57-49-117-29-9-3)105-95(113)19-33-121-53-61-129-63-65-131-67-69-133-71-73-135-75-77-137-79-81-139-82-80-138-78-76-136-74-72-134-70-68-132-66-64-130-62-54-122-34-20-96(114)106-98(86-143-38-16-92(110)102-24-44-126-58-50-118-30-10-4,87-144-39-17-93(111)103-25-45-127-59-51-119-31-11-5)88-145-40-18-94(112)104-26-46-128-60-52-120-32-12-6/h1-6H,13-88H2,(H,99,107)(H,100,108)(H,101,109)(H,102,110)(H,103,111)(H,104,112)(H,105,113)(H,106,114). The molecule has 0 aromatic rings. The van der Waals surface area contributed by atoms with Crippen LogP contribution in [0.3, 0.4) is 0 Å². The molecule has 0 unspecified atom stereocenters. The van der Waals surface area contributed by atoms with Crippen molar-refractivity contribution in [2.75, 3.05) is 449 Å². The minimum atomic E-state index is -1.36. The number of amides is 8. The van der Waals surface area contributed by atoms with E-state index in [1.54, 1.807) is 0 Å². The molecule has 0 fully saturated rings. The molecule has 0 saturated carbocycles. The number of terminal acetylenes is 6. The SMILES string of the molecule is C#CCOCCOCCNC(=O)CCOCC(COCCC(=O)NCCOCCOCC#C)(COCCC(=O)NCCOCCOCC#C)NC(=O)CCOCCOCCOCCOCCOCCOCCOCCOCCOCCOCCOCCOCCOCCC(=O)NC(COCCC(=O)NCCOCCOCC#C)(COCCC(=O)NCCOCCOCC#C)COCCC(=O)NCCOCCOCC#C. The number of hydrogen-bond acceptors (Lipinski definition) is 39. The van der Waals surface area contributed by atoms with Gasteiger partial charge in [0.2, 0.25) is 47.3 Å². The van der Waals surface area contributed by atoms with Crippen LogP contribution < -0.4 is 42.5 Å². The van der Waals surface area contributed by atoms with E-state index in [1.165, 1.54) is 0 Å². The van der Waals surface area contributed by atoms with Crippen molar-refractivity contribution >= 4 is 47.3 Å². The third kappa shape index (κ3) is 103. The minimum absolute atomic E-state index is 0.0239. The lowest BCUT2D eigenvalue weighted by Gasteiger charge is -2.34.